The molecule has 1 unspecified atom stereocenters. The Hall–Kier alpha value is -1.94. The Balaban J connectivity index is 2.11. The molecule has 0 aliphatic carbocycles. The zero-order valence-corrected chi connectivity index (χ0v) is 11.9. The molecule has 1 N–H and O–H groups in total. The van der Waals surface area contributed by atoms with Crippen LogP contribution in [0.2, 0.25) is 0 Å². The van der Waals surface area contributed by atoms with Crippen LogP contribution in [-0.2, 0) is 12.8 Å². The summed E-state index contributed by atoms with van der Waals surface area (Å²) in [6.07, 6.45) is 1.09. The lowest BCUT2D eigenvalue weighted by molar-refractivity contribution is 0.224. The van der Waals surface area contributed by atoms with Gasteiger partial charge in [-0.25, -0.2) is 8.78 Å². The highest BCUT2D eigenvalue weighted by Crippen LogP contribution is 2.23. The number of hydrogen-bond donors (Lipinski definition) is 1. The van der Waals surface area contributed by atoms with Crippen LogP contribution in [0.25, 0.3) is 0 Å². The van der Waals surface area contributed by atoms with E-state index < -0.39 is 11.6 Å². The fraction of sp³-hybridized carbons (Fsp3) is 0.294. The molecule has 2 aromatic carbocycles. The number of methoxy groups -OCH3 is 1. The number of para-hydroxylation sites is 1. The Bertz CT molecular complexity index is 599. The van der Waals surface area contributed by atoms with Crippen LogP contribution in [0, 0.1) is 17.6 Å². The summed E-state index contributed by atoms with van der Waals surface area (Å²) in [7, 11) is 1.60. The third kappa shape index (κ3) is 4.02. The number of halogens is 2. The van der Waals surface area contributed by atoms with E-state index in [2.05, 4.69) is 0 Å². The highest BCUT2D eigenvalue weighted by molar-refractivity contribution is 5.33. The van der Waals surface area contributed by atoms with Crippen molar-refractivity contribution in [1.82, 2.24) is 0 Å². The maximum atomic E-state index is 13.2. The zero-order chi connectivity index (χ0) is 15.2. The fourth-order valence-corrected chi connectivity index (χ4v) is 2.38. The van der Waals surface area contributed by atoms with Crippen LogP contribution in [0.3, 0.4) is 0 Å². The minimum atomic E-state index is -0.860. The molecule has 0 bridgehead atoms. The number of aliphatic hydroxyl groups is 1. The van der Waals surface area contributed by atoms with E-state index in [1.165, 1.54) is 6.07 Å². The third-order valence-corrected chi connectivity index (χ3v) is 3.47. The Morgan fingerprint density at radius 2 is 1.81 bits per heavy atom. The predicted octanol–water partition coefficient (Wildman–Crippen LogP) is 3.37. The van der Waals surface area contributed by atoms with E-state index >= 15 is 0 Å². The first-order chi connectivity index (χ1) is 10.1. The van der Waals surface area contributed by atoms with Crippen LogP contribution in [0.5, 0.6) is 5.75 Å². The molecule has 0 heterocycles. The summed E-state index contributed by atoms with van der Waals surface area (Å²) in [5.41, 5.74) is 1.66. The fourth-order valence-electron chi connectivity index (χ4n) is 2.38. The van der Waals surface area contributed by atoms with Crippen molar-refractivity contribution in [2.45, 2.75) is 12.8 Å². The second-order valence-electron chi connectivity index (χ2n) is 5.02. The van der Waals surface area contributed by atoms with Crippen LogP contribution in [0.4, 0.5) is 8.78 Å². The predicted molar refractivity (Wildman–Crippen MR) is 77.3 cm³/mol. The van der Waals surface area contributed by atoms with Gasteiger partial charge in [-0.1, -0.05) is 24.3 Å². The first-order valence-corrected chi connectivity index (χ1v) is 6.80. The summed E-state index contributed by atoms with van der Waals surface area (Å²) < 4.78 is 31.4. The van der Waals surface area contributed by atoms with Gasteiger partial charge in [-0.2, -0.15) is 0 Å². The molecule has 0 aliphatic rings. The highest BCUT2D eigenvalue weighted by Gasteiger charge is 2.14. The van der Waals surface area contributed by atoms with Crippen molar-refractivity contribution in [3.05, 3.63) is 65.2 Å². The normalized spacial score (nSPS) is 12.2. The number of hydrogen-bond acceptors (Lipinski definition) is 2. The minimum absolute atomic E-state index is 0.0307. The molecular weight excluding hydrogens is 274 g/mol. The summed E-state index contributed by atoms with van der Waals surface area (Å²) in [6, 6.07) is 11.4. The van der Waals surface area contributed by atoms with E-state index in [1.807, 2.05) is 24.3 Å². The topological polar surface area (TPSA) is 29.5 Å². The molecule has 1 atom stereocenters. The van der Waals surface area contributed by atoms with Crippen molar-refractivity contribution in [3.8, 4) is 5.75 Å². The standard InChI is InChI=1S/C17H18F2O2/c1-21-17-5-3-2-4-14(17)9-13(11-20)8-12-6-7-15(18)16(19)10-12/h2-7,10,13,20H,8-9,11H2,1H3. The molecule has 2 rings (SSSR count). The van der Waals surface area contributed by atoms with Crippen molar-refractivity contribution in [3.63, 3.8) is 0 Å². The molecule has 21 heavy (non-hydrogen) atoms. The van der Waals surface area contributed by atoms with E-state index in [4.69, 9.17) is 4.74 Å². The van der Waals surface area contributed by atoms with E-state index in [0.29, 0.717) is 18.4 Å². The Morgan fingerprint density at radius 1 is 1.05 bits per heavy atom. The van der Waals surface area contributed by atoms with Gasteiger partial charge in [0.2, 0.25) is 0 Å². The van der Waals surface area contributed by atoms with Gasteiger partial charge in [0.1, 0.15) is 5.75 Å². The van der Waals surface area contributed by atoms with Crippen molar-refractivity contribution < 1.29 is 18.6 Å². The third-order valence-electron chi connectivity index (χ3n) is 3.47. The largest absolute Gasteiger partial charge is 0.496 e. The summed E-state index contributed by atoms with van der Waals surface area (Å²) in [5.74, 6) is -1.03. The van der Waals surface area contributed by atoms with Crippen molar-refractivity contribution in [2.75, 3.05) is 13.7 Å². The van der Waals surface area contributed by atoms with Crippen molar-refractivity contribution >= 4 is 0 Å². The number of ether oxygens (including phenoxy) is 1. The molecule has 0 saturated carbocycles. The van der Waals surface area contributed by atoms with Gasteiger partial charge in [0, 0.05) is 6.61 Å². The van der Waals surface area contributed by atoms with Gasteiger partial charge in [0.05, 0.1) is 7.11 Å². The summed E-state index contributed by atoms with van der Waals surface area (Å²) >= 11 is 0. The van der Waals surface area contributed by atoms with Gasteiger partial charge < -0.3 is 9.84 Å². The summed E-state index contributed by atoms with van der Waals surface area (Å²) in [4.78, 5) is 0. The van der Waals surface area contributed by atoms with Crippen LogP contribution in [-0.4, -0.2) is 18.8 Å². The maximum Gasteiger partial charge on any atom is 0.159 e. The molecule has 0 spiro atoms. The number of rotatable bonds is 6. The quantitative estimate of drug-likeness (QED) is 0.884. The molecule has 0 saturated heterocycles. The molecule has 2 aromatic rings. The second-order valence-corrected chi connectivity index (χ2v) is 5.02. The molecule has 4 heteroatoms. The van der Waals surface area contributed by atoms with Gasteiger partial charge in [-0.15, -0.1) is 0 Å². The van der Waals surface area contributed by atoms with Crippen molar-refractivity contribution in [2.24, 2.45) is 5.92 Å². The molecule has 0 radical (unpaired) electrons. The molecule has 2 nitrogen and oxygen atoms in total. The molecule has 0 amide bonds. The van der Waals surface area contributed by atoms with E-state index in [1.54, 1.807) is 13.2 Å². The Kier molecular flexibility index (Phi) is 5.28. The second kappa shape index (κ2) is 7.18. The van der Waals surface area contributed by atoms with Gasteiger partial charge >= 0.3 is 0 Å². The zero-order valence-electron chi connectivity index (χ0n) is 11.9. The van der Waals surface area contributed by atoms with Gasteiger partial charge in [-0.05, 0) is 48.1 Å². The SMILES string of the molecule is COc1ccccc1CC(CO)Cc1ccc(F)c(F)c1. The molecular formula is C17H18F2O2. The lowest BCUT2D eigenvalue weighted by atomic mass is 9.93. The van der Waals surface area contributed by atoms with E-state index in [0.717, 1.165) is 17.4 Å². The van der Waals surface area contributed by atoms with Gasteiger partial charge in [0.15, 0.2) is 11.6 Å². The van der Waals surface area contributed by atoms with Crippen molar-refractivity contribution in [1.29, 1.82) is 0 Å². The lowest BCUT2D eigenvalue weighted by Crippen LogP contribution is -2.13. The summed E-state index contributed by atoms with van der Waals surface area (Å²) in [5, 5.41) is 9.53. The average Bonchev–Trinajstić information content (AvgIpc) is 2.50. The molecule has 112 valence electrons. The van der Waals surface area contributed by atoms with Crippen LogP contribution in [0.15, 0.2) is 42.5 Å². The first-order valence-electron chi connectivity index (χ1n) is 6.80. The minimum Gasteiger partial charge on any atom is -0.496 e. The average molecular weight is 292 g/mol. The van der Waals surface area contributed by atoms with Crippen LogP contribution in [0.1, 0.15) is 11.1 Å². The van der Waals surface area contributed by atoms with Gasteiger partial charge in [0.25, 0.3) is 0 Å². The Labute approximate surface area is 123 Å². The monoisotopic (exact) mass is 292 g/mol. The summed E-state index contributed by atoms with van der Waals surface area (Å²) in [6.45, 7) is -0.0307. The number of benzene rings is 2. The van der Waals surface area contributed by atoms with E-state index in [9.17, 15) is 13.9 Å². The maximum absolute atomic E-state index is 13.2. The highest BCUT2D eigenvalue weighted by atomic mass is 19.2. The first kappa shape index (κ1) is 15.4. The molecule has 0 aromatic heterocycles. The smallest absolute Gasteiger partial charge is 0.159 e. The van der Waals surface area contributed by atoms with E-state index in [-0.39, 0.29) is 12.5 Å². The molecule has 0 aliphatic heterocycles. The van der Waals surface area contributed by atoms with Crippen LogP contribution >= 0.6 is 0 Å². The lowest BCUT2D eigenvalue weighted by Gasteiger charge is -2.16. The molecule has 0 fully saturated rings. The van der Waals surface area contributed by atoms with Gasteiger partial charge in [-0.3, -0.25) is 0 Å². The van der Waals surface area contributed by atoms with Crippen LogP contribution < -0.4 is 4.74 Å². The number of aliphatic hydroxyl groups excluding tert-OH is 1. The Morgan fingerprint density at radius 3 is 2.48 bits per heavy atom.